The van der Waals surface area contributed by atoms with Crippen LogP contribution in [0.2, 0.25) is 0 Å². The van der Waals surface area contributed by atoms with Gasteiger partial charge in [-0.15, -0.1) is 0 Å². The van der Waals surface area contributed by atoms with Crippen LogP contribution in [-0.2, 0) is 10.0 Å². The molecule has 15 heteroatoms. The van der Waals surface area contributed by atoms with Gasteiger partial charge in [-0.3, -0.25) is 14.1 Å². The lowest BCUT2D eigenvalue weighted by Crippen LogP contribution is -2.21. The highest BCUT2D eigenvalue weighted by molar-refractivity contribution is 7.92. The van der Waals surface area contributed by atoms with Gasteiger partial charge in [0.1, 0.15) is 22.7 Å². The molecule has 0 saturated heterocycles. The lowest BCUT2D eigenvalue weighted by atomic mass is 10.1. The summed E-state index contributed by atoms with van der Waals surface area (Å²) in [5.74, 6) is -3.78. The topological polar surface area (TPSA) is 113 Å². The van der Waals surface area contributed by atoms with E-state index in [4.69, 9.17) is 4.74 Å². The second-order valence-electron chi connectivity index (χ2n) is 7.20. The summed E-state index contributed by atoms with van der Waals surface area (Å²) in [5.41, 5.74) is -1.26. The number of fused-ring (bicyclic) bond motifs is 1. The molecule has 0 aliphatic rings. The molecule has 0 saturated carbocycles. The first-order chi connectivity index (χ1) is 16.9. The normalized spacial score (nSPS) is 12.1. The van der Waals surface area contributed by atoms with Gasteiger partial charge in [-0.05, 0) is 12.1 Å². The van der Waals surface area contributed by atoms with E-state index in [1.165, 1.54) is 12.1 Å². The number of benzene rings is 2. The van der Waals surface area contributed by atoms with Crippen LogP contribution in [0.25, 0.3) is 16.6 Å². The van der Waals surface area contributed by atoms with Crippen LogP contribution < -0.4 is 19.8 Å². The summed E-state index contributed by atoms with van der Waals surface area (Å²) in [5, 5.41) is 3.44. The van der Waals surface area contributed by atoms with Crippen LogP contribution in [-0.4, -0.2) is 38.0 Å². The summed E-state index contributed by atoms with van der Waals surface area (Å²) in [6.07, 6.45) is -3.64. The zero-order valence-electron chi connectivity index (χ0n) is 18.0. The number of pyridine rings is 1. The van der Waals surface area contributed by atoms with Gasteiger partial charge in [0.15, 0.2) is 24.0 Å². The molecule has 36 heavy (non-hydrogen) atoms. The highest BCUT2D eigenvalue weighted by Gasteiger charge is 2.29. The number of halogens is 5. The van der Waals surface area contributed by atoms with Gasteiger partial charge in [-0.25, -0.2) is 17.2 Å². The summed E-state index contributed by atoms with van der Waals surface area (Å²) in [6, 6.07) is 6.57. The molecule has 0 aliphatic carbocycles. The van der Waals surface area contributed by atoms with Crippen LogP contribution >= 0.6 is 0 Å². The third kappa shape index (κ3) is 4.95. The number of methoxy groups -OCH3 is 1. The molecule has 2 aromatic heterocycles. The first-order valence-electron chi connectivity index (χ1n) is 9.75. The molecule has 190 valence electrons. The average molecular weight is 531 g/mol. The predicted molar refractivity (Wildman–Crippen MR) is 115 cm³/mol. The summed E-state index contributed by atoms with van der Waals surface area (Å²) in [6.45, 7) is -1.77. The van der Waals surface area contributed by atoms with Crippen LogP contribution in [0.5, 0.6) is 11.5 Å². The van der Waals surface area contributed by atoms with Crippen molar-refractivity contribution in [3.63, 3.8) is 0 Å². The Morgan fingerprint density at radius 2 is 1.81 bits per heavy atom. The molecule has 0 spiro atoms. The van der Waals surface area contributed by atoms with Gasteiger partial charge in [0.25, 0.3) is 15.6 Å². The fourth-order valence-corrected chi connectivity index (χ4v) is 4.37. The number of anilines is 1. The SMILES string of the molecule is COc1cc(OCC(F)(F)F)c(F)cc1-n1c(=O)ccc2cc(S(=O)(=O)Nc3ccon3)c(F)cc21. The molecule has 0 amide bonds. The maximum Gasteiger partial charge on any atom is 0.422 e. The number of rotatable bonds is 7. The molecule has 0 unspecified atom stereocenters. The number of aromatic nitrogens is 2. The van der Waals surface area contributed by atoms with E-state index in [0.29, 0.717) is 6.07 Å². The van der Waals surface area contributed by atoms with Gasteiger partial charge < -0.3 is 14.0 Å². The van der Waals surface area contributed by atoms with Gasteiger partial charge in [-0.2, -0.15) is 13.2 Å². The van der Waals surface area contributed by atoms with E-state index in [9.17, 15) is 35.2 Å². The van der Waals surface area contributed by atoms with Gasteiger partial charge in [-0.1, -0.05) is 5.16 Å². The predicted octanol–water partition coefficient (Wildman–Crippen LogP) is 4.01. The van der Waals surface area contributed by atoms with E-state index >= 15 is 0 Å². The molecule has 0 aliphatic heterocycles. The molecule has 4 rings (SSSR count). The maximum absolute atomic E-state index is 15.0. The van der Waals surface area contributed by atoms with Crippen LogP contribution in [0, 0.1) is 11.6 Å². The minimum absolute atomic E-state index is 0.0522. The van der Waals surface area contributed by atoms with Crippen LogP contribution in [0.3, 0.4) is 0 Å². The number of hydrogen-bond donors (Lipinski definition) is 1. The minimum Gasteiger partial charge on any atom is -0.494 e. The van der Waals surface area contributed by atoms with Crippen molar-refractivity contribution in [2.45, 2.75) is 11.1 Å². The summed E-state index contributed by atoms with van der Waals surface area (Å²) < 4.78 is 109. The van der Waals surface area contributed by atoms with Crippen molar-refractivity contribution in [2.24, 2.45) is 0 Å². The Labute approximate surface area is 198 Å². The van der Waals surface area contributed by atoms with E-state index in [0.717, 1.165) is 42.2 Å². The number of ether oxygens (including phenoxy) is 2. The third-order valence-corrected chi connectivity index (χ3v) is 6.15. The van der Waals surface area contributed by atoms with Gasteiger partial charge in [0.2, 0.25) is 0 Å². The fraction of sp³-hybridized carbons (Fsp3) is 0.143. The second kappa shape index (κ2) is 9.14. The van der Waals surface area contributed by atoms with Gasteiger partial charge >= 0.3 is 6.18 Å². The van der Waals surface area contributed by atoms with Crippen molar-refractivity contribution in [2.75, 3.05) is 18.4 Å². The van der Waals surface area contributed by atoms with E-state index in [1.54, 1.807) is 0 Å². The Kier molecular flexibility index (Phi) is 6.34. The Morgan fingerprint density at radius 3 is 2.44 bits per heavy atom. The van der Waals surface area contributed by atoms with Crippen LogP contribution in [0.4, 0.5) is 27.8 Å². The molecule has 0 bridgehead atoms. The Morgan fingerprint density at radius 1 is 1.06 bits per heavy atom. The lowest BCUT2D eigenvalue weighted by molar-refractivity contribution is -0.153. The Bertz CT molecular complexity index is 1600. The van der Waals surface area contributed by atoms with Crippen molar-refractivity contribution in [1.29, 1.82) is 0 Å². The van der Waals surface area contributed by atoms with Gasteiger partial charge in [0.05, 0.1) is 18.3 Å². The Balaban J connectivity index is 1.85. The van der Waals surface area contributed by atoms with E-state index in [-0.39, 0.29) is 28.2 Å². The fourth-order valence-electron chi connectivity index (χ4n) is 3.28. The van der Waals surface area contributed by atoms with Gasteiger partial charge in [0, 0.05) is 35.7 Å². The molecular weight excluding hydrogens is 517 g/mol. The summed E-state index contributed by atoms with van der Waals surface area (Å²) in [4.78, 5) is 11.9. The van der Waals surface area contributed by atoms with Crippen molar-refractivity contribution in [3.05, 3.63) is 70.7 Å². The number of nitrogens with zero attached hydrogens (tertiary/aromatic N) is 2. The van der Waals surface area contributed by atoms with E-state index in [2.05, 4.69) is 14.4 Å². The number of sulfonamides is 1. The first-order valence-corrected chi connectivity index (χ1v) is 11.2. The number of alkyl halides is 3. The molecule has 2 aromatic carbocycles. The smallest absolute Gasteiger partial charge is 0.422 e. The molecule has 0 radical (unpaired) electrons. The van der Waals surface area contributed by atoms with Crippen LogP contribution in [0.1, 0.15) is 0 Å². The second-order valence-corrected chi connectivity index (χ2v) is 8.85. The maximum atomic E-state index is 15.0. The number of hydrogen-bond acceptors (Lipinski definition) is 7. The molecule has 9 nitrogen and oxygen atoms in total. The zero-order valence-corrected chi connectivity index (χ0v) is 18.8. The molecule has 0 atom stereocenters. The molecule has 2 heterocycles. The largest absolute Gasteiger partial charge is 0.494 e. The van der Waals surface area contributed by atoms with E-state index in [1.807, 2.05) is 4.72 Å². The zero-order chi connectivity index (χ0) is 26.3. The standard InChI is InChI=1S/C21H14F5N3O6S/c1-33-17-9-16(34-10-21(24,25)26)12(22)7-15(17)29-14-8-13(23)18(6-11(14)2-3-20(29)30)36(31,32)28-19-4-5-35-27-19/h2-9H,10H2,1H3,(H,27,28). The molecule has 0 fully saturated rings. The van der Waals surface area contributed by atoms with E-state index < -0.39 is 50.6 Å². The monoisotopic (exact) mass is 531 g/mol. The highest BCUT2D eigenvalue weighted by atomic mass is 32.2. The van der Waals surface area contributed by atoms with Crippen LogP contribution in [0.15, 0.2) is 62.9 Å². The average Bonchev–Trinajstić information content (AvgIpc) is 3.29. The van der Waals surface area contributed by atoms with Crippen molar-refractivity contribution >= 4 is 26.7 Å². The summed E-state index contributed by atoms with van der Waals surface area (Å²) in [7, 11) is -3.35. The molecule has 1 N–H and O–H groups in total. The van der Waals surface area contributed by atoms with Crippen molar-refractivity contribution < 1.29 is 44.4 Å². The molecule has 4 aromatic rings. The minimum atomic E-state index is -4.73. The lowest BCUT2D eigenvalue weighted by Gasteiger charge is -2.17. The Hall–Kier alpha value is -4.14. The van der Waals surface area contributed by atoms with Crippen molar-refractivity contribution in [3.8, 4) is 17.2 Å². The molecular formula is C21H14F5N3O6S. The first kappa shape index (κ1) is 25.0. The quantitative estimate of drug-likeness (QED) is 0.359. The van der Waals surface area contributed by atoms with Crippen molar-refractivity contribution in [1.82, 2.24) is 9.72 Å². The number of nitrogens with one attached hydrogen (secondary N) is 1. The highest BCUT2D eigenvalue weighted by Crippen LogP contribution is 2.33. The summed E-state index contributed by atoms with van der Waals surface area (Å²) >= 11 is 0. The third-order valence-electron chi connectivity index (χ3n) is 4.78.